The summed E-state index contributed by atoms with van der Waals surface area (Å²) >= 11 is 9.56. The number of benzene rings is 1. The number of halogens is 2. The zero-order valence-electron chi connectivity index (χ0n) is 12.8. The second-order valence-electron chi connectivity index (χ2n) is 6.07. The van der Waals surface area contributed by atoms with Gasteiger partial charge in [0.05, 0.1) is 0 Å². The molecule has 1 N–H and O–H groups in total. The molecule has 0 unspecified atom stereocenters. The summed E-state index contributed by atoms with van der Waals surface area (Å²) in [7, 11) is -3.49. The second kappa shape index (κ2) is 6.29. The van der Waals surface area contributed by atoms with Crippen molar-refractivity contribution in [2.45, 2.75) is 26.9 Å². The van der Waals surface area contributed by atoms with E-state index in [1.165, 1.54) is 4.31 Å². The van der Waals surface area contributed by atoms with E-state index in [-0.39, 0.29) is 5.92 Å². The monoisotopic (exact) mass is 417 g/mol. The minimum atomic E-state index is -3.49. The lowest BCUT2D eigenvalue weighted by Crippen LogP contribution is -2.39. The van der Waals surface area contributed by atoms with Gasteiger partial charge >= 0.3 is 0 Å². The van der Waals surface area contributed by atoms with Gasteiger partial charge < -0.3 is 0 Å². The zero-order chi connectivity index (χ0) is 16.8. The van der Waals surface area contributed by atoms with Crippen LogP contribution in [0.5, 0.6) is 0 Å². The molecule has 0 atom stereocenters. The molecule has 0 spiro atoms. The molecule has 5 nitrogen and oxygen atoms in total. The second-order valence-corrected chi connectivity index (χ2v) is 9.01. The van der Waals surface area contributed by atoms with E-state index in [1.807, 2.05) is 19.9 Å². The van der Waals surface area contributed by atoms with Crippen LogP contribution in [0.25, 0.3) is 10.8 Å². The number of rotatable bonds is 4. The van der Waals surface area contributed by atoms with Gasteiger partial charge in [-0.1, -0.05) is 25.4 Å². The van der Waals surface area contributed by atoms with Crippen molar-refractivity contribution in [2.24, 2.45) is 5.92 Å². The summed E-state index contributed by atoms with van der Waals surface area (Å²) in [5.41, 5.74) is 1.97. The lowest BCUT2D eigenvalue weighted by atomic mass is 10.0. The molecule has 8 heteroatoms. The Bertz CT molecular complexity index is 871. The average Bonchev–Trinajstić information content (AvgIpc) is 2.91. The number of nitrogens with one attached hydrogen (secondary N) is 1. The fourth-order valence-electron chi connectivity index (χ4n) is 2.59. The lowest BCUT2D eigenvalue weighted by Gasteiger charge is -2.17. The van der Waals surface area contributed by atoms with E-state index >= 15 is 0 Å². The molecule has 0 aliphatic carbocycles. The Morgan fingerprint density at radius 2 is 2.13 bits per heavy atom. The maximum atomic E-state index is 12.4. The first kappa shape index (κ1) is 17.1. The van der Waals surface area contributed by atoms with E-state index in [2.05, 4.69) is 25.6 Å². The fraction of sp³-hybridized carbons (Fsp3) is 0.400. The molecular formula is C15H17BrClN3O2S. The fourth-order valence-corrected chi connectivity index (χ4v) is 4.81. The van der Waals surface area contributed by atoms with Gasteiger partial charge in [-0.25, -0.2) is 9.71 Å². The minimum absolute atomic E-state index is 0.261. The highest BCUT2D eigenvalue weighted by Gasteiger charge is 2.31. The molecule has 0 saturated carbocycles. The highest BCUT2D eigenvalue weighted by Crippen LogP contribution is 2.37. The number of hydrogen-bond acceptors (Lipinski definition) is 3. The summed E-state index contributed by atoms with van der Waals surface area (Å²) < 4.78 is 29.9. The smallest absolute Gasteiger partial charge is 0.244 e. The van der Waals surface area contributed by atoms with Crippen molar-refractivity contribution >= 4 is 48.5 Å². The van der Waals surface area contributed by atoms with Gasteiger partial charge in [0.25, 0.3) is 10.2 Å². The predicted molar refractivity (Wildman–Crippen MR) is 95.5 cm³/mol. The molecular weight excluding hydrogens is 402 g/mol. The van der Waals surface area contributed by atoms with Crippen LogP contribution in [0.15, 0.2) is 22.8 Å². The Morgan fingerprint density at radius 1 is 1.39 bits per heavy atom. The van der Waals surface area contributed by atoms with E-state index < -0.39 is 10.2 Å². The number of nitrogens with zero attached hydrogens (tertiary/aromatic N) is 2. The van der Waals surface area contributed by atoms with E-state index in [0.29, 0.717) is 24.8 Å². The molecule has 2 heterocycles. The molecule has 124 valence electrons. The van der Waals surface area contributed by atoms with Gasteiger partial charge in [-0.2, -0.15) is 12.7 Å². The summed E-state index contributed by atoms with van der Waals surface area (Å²) in [6.45, 7) is 5.08. The molecule has 1 aromatic carbocycles. The van der Waals surface area contributed by atoms with Crippen molar-refractivity contribution in [3.8, 4) is 0 Å². The van der Waals surface area contributed by atoms with E-state index in [0.717, 1.165) is 26.4 Å². The number of hydrogen-bond donors (Lipinski definition) is 1. The lowest BCUT2D eigenvalue weighted by molar-refractivity contribution is 0.417. The minimum Gasteiger partial charge on any atom is -0.244 e. The van der Waals surface area contributed by atoms with Crippen LogP contribution in [0.4, 0.5) is 0 Å². The van der Waals surface area contributed by atoms with Crippen molar-refractivity contribution in [1.82, 2.24) is 14.0 Å². The Hall–Kier alpha value is -0.730. The maximum absolute atomic E-state index is 12.4. The standard InChI is InChI=1S/C15H17BrClN3O2S/c1-9(2)5-19-23(21,22)20-7-11-3-10-6-18-14(17)4-12(10)15(16)13(11)8-20/h3-4,6,9,19H,5,7-8H2,1-2H3. The van der Waals surface area contributed by atoms with Gasteiger partial charge in [-0.15, -0.1) is 0 Å². The summed E-state index contributed by atoms with van der Waals surface area (Å²) in [5.74, 6) is 0.261. The van der Waals surface area contributed by atoms with Crippen LogP contribution in [0.1, 0.15) is 25.0 Å². The van der Waals surface area contributed by atoms with Crippen molar-refractivity contribution in [3.05, 3.63) is 39.1 Å². The highest BCUT2D eigenvalue weighted by molar-refractivity contribution is 9.10. The zero-order valence-corrected chi connectivity index (χ0v) is 16.0. The summed E-state index contributed by atoms with van der Waals surface area (Å²) in [6, 6.07) is 3.77. The third kappa shape index (κ3) is 3.39. The third-order valence-corrected chi connectivity index (χ3v) is 6.40. The summed E-state index contributed by atoms with van der Waals surface area (Å²) in [6.07, 6.45) is 1.71. The first-order chi connectivity index (χ1) is 10.8. The Labute approximate surface area is 149 Å². The predicted octanol–water partition coefficient (Wildman–Crippen LogP) is 3.46. The van der Waals surface area contributed by atoms with Crippen molar-refractivity contribution < 1.29 is 8.42 Å². The van der Waals surface area contributed by atoms with Crippen LogP contribution >= 0.6 is 27.5 Å². The van der Waals surface area contributed by atoms with Gasteiger partial charge in [0.2, 0.25) is 0 Å². The molecule has 1 aromatic heterocycles. The molecule has 0 radical (unpaired) electrons. The Balaban J connectivity index is 1.95. The van der Waals surface area contributed by atoms with Crippen LogP contribution in [0.3, 0.4) is 0 Å². The van der Waals surface area contributed by atoms with Crippen LogP contribution in [0.2, 0.25) is 5.15 Å². The van der Waals surface area contributed by atoms with E-state index in [9.17, 15) is 8.42 Å². The van der Waals surface area contributed by atoms with Crippen molar-refractivity contribution in [3.63, 3.8) is 0 Å². The average molecular weight is 419 g/mol. The topological polar surface area (TPSA) is 62.3 Å². The molecule has 0 amide bonds. The Kier molecular flexibility index (Phi) is 4.68. The van der Waals surface area contributed by atoms with Gasteiger partial charge in [0.1, 0.15) is 5.15 Å². The molecule has 3 rings (SSSR count). The molecule has 23 heavy (non-hydrogen) atoms. The molecule has 0 saturated heterocycles. The SMILES string of the molecule is CC(C)CNS(=O)(=O)N1Cc2cc3cnc(Cl)cc3c(Br)c2C1. The molecule has 1 aliphatic heterocycles. The van der Waals surface area contributed by atoms with Gasteiger partial charge in [-0.05, 0) is 45.1 Å². The van der Waals surface area contributed by atoms with E-state index in [1.54, 1.807) is 12.3 Å². The molecule has 1 aliphatic rings. The van der Waals surface area contributed by atoms with Gasteiger partial charge in [0.15, 0.2) is 0 Å². The van der Waals surface area contributed by atoms with Crippen LogP contribution in [0, 0.1) is 5.92 Å². The third-order valence-electron chi connectivity index (χ3n) is 3.82. The highest BCUT2D eigenvalue weighted by atomic mass is 79.9. The number of fused-ring (bicyclic) bond motifs is 2. The Morgan fingerprint density at radius 3 is 2.83 bits per heavy atom. The van der Waals surface area contributed by atoms with Crippen LogP contribution in [-0.4, -0.2) is 24.3 Å². The number of pyridine rings is 1. The quantitative estimate of drug-likeness (QED) is 0.774. The van der Waals surface area contributed by atoms with Gasteiger partial charge in [0, 0.05) is 41.1 Å². The largest absolute Gasteiger partial charge is 0.280 e. The normalized spacial score (nSPS) is 15.5. The molecule has 2 aromatic rings. The van der Waals surface area contributed by atoms with Crippen molar-refractivity contribution in [2.75, 3.05) is 6.54 Å². The van der Waals surface area contributed by atoms with Crippen molar-refractivity contribution in [1.29, 1.82) is 0 Å². The van der Waals surface area contributed by atoms with E-state index in [4.69, 9.17) is 11.6 Å². The first-order valence-electron chi connectivity index (χ1n) is 7.28. The molecule has 0 fully saturated rings. The maximum Gasteiger partial charge on any atom is 0.280 e. The first-order valence-corrected chi connectivity index (χ1v) is 9.89. The summed E-state index contributed by atoms with van der Waals surface area (Å²) in [5, 5.41) is 2.30. The van der Waals surface area contributed by atoms with Gasteiger partial charge in [-0.3, -0.25) is 0 Å². The summed E-state index contributed by atoms with van der Waals surface area (Å²) in [4.78, 5) is 4.09. The van der Waals surface area contributed by atoms with Crippen LogP contribution in [-0.2, 0) is 23.3 Å². The van der Waals surface area contributed by atoms with Crippen LogP contribution < -0.4 is 4.72 Å². The number of aromatic nitrogens is 1. The molecule has 0 bridgehead atoms.